The fourth-order valence-corrected chi connectivity index (χ4v) is 5.30. The molecule has 3 aliphatic rings. The Hall–Kier alpha value is -3.50. The maximum absolute atomic E-state index is 12.9. The molecule has 0 unspecified atom stereocenters. The zero-order chi connectivity index (χ0) is 23.4. The molecule has 0 spiro atoms. The Morgan fingerprint density at radius 1 is 1.32 bits per heavy atom. The molecular weight excluding hydrogens is 450 g/mol. The van der Waals surface area contributed by atoms with Gasteiger partial charge < -0.3 is 21.3 Å². The summed E-state index contributed by atoms with van der Waals surface area (Å²) in [6.45, 7) is 5.23. The highest BCUT2D eigenvalue weighted by Gasteiger charge is 2.27. The van der Waals surface area contributed by atoms with Gasteiger partial charge in [-0.2, -0.15) is 9.61 Å². The largest absolute Gasteiger partial charge is 0.367 e. The van der Waals surface area contributed by atoms with E-state index < -0.39 is 0 Å². The Balaban J connectivity index is 1.38. The first-order valence-electron chi connectivity index (χ1n) is 11.4. The number of hydrogen-bond donors (Lipinski definition) is 3. The summed E-state index contributed by atoms with van der Waals surface area (Å²) in [6, 6.07) is 6.29. The van der Waals surface area contributed by atoms with Gasteiger partial charge in [0.05, 0.1) is 28.1 Å². The number of nitrogens with one attached hydrogen (secondary N) is 2. The molecule has 10 heteroatoms. The summed E-state index contributed by atoms with van der Waals surface area (Å²) in [5.74, 6) is 0.818. The summed E-state index contributed by atoms with van der Waals surface area (Å²) in [4.78, 5) is 33.0. The maximum Gasteiger partial charge on any atom is 0.263 e. The lowest BCUT2D eigenvalue weighted by Gasteiger charge is -2.14. The average Bonchev–Trinajstić information content (AvgIpc) is 3.18. The first-order chi connectivity index (χ1) is 16.4. The number of likely N-dealkylation sites (tertiary alicyclic amines) is 1. The third-order valence-corrected chi connectivity index (χ3v) is 7.46. The molecule has 0 bridgehead atoms. The van der Waals surface area contributed by atoms with E-state index in [1.54, 1.807) is 10.7 Å². The quantitative estimate of drug-likeness (QED) is 0.522. The molecule has 2 amide bonds. The van der Waals surface area contributed by atoms with Gasteiger partial charge in [-0.15, -0.1) is 11.3 Å². The minimum Gasteiger partial charge on any atom is -0.367 e. The molecule has 3 fully saturated rings. The lowest BCUT2D eigenvalue weighted by atomic mass is 10.1. The van der Waals surface area contributed by atoms with Crippen LogP contribution in [0.1, 0.15) is 40.9 Å². The van der Waals surface area contributed by atoms with E-state index in [-0.39, 0.29) is 17.9 Å². The molecule has 0 aromatic carbocycles. The van der Waals surface area contributed by atoms with Crippen molar-refractivity contribution in [2.45, 2.75) is 37.8 Å². The summed E-state index contributed by atoms with van der Waals surface area (Å²) < 4.78 is 1.80. The Kier molecular flexibility index (Phi) is 5.00. The van der Waals surface area contributed by atoms with Gasteiger partial charge in [-0.05, 0) is 43.0 Å². The van der Waals surface area contributed by atoms with Crippen LogP contribution in [-0.2, 0) is 4.79 Å². The molecule has 5 heterocycles. The second-order valence-electron chi connectivity index (χ2n) is 9.12. The van der Waals surface area contributed by atoms with E-state index in [0.29, 0.717) is 41.8 Å². The van der Waals surface area contributed by atoms with Crippen LogP contribution in [0.15, 0.2) is 42.2 Å². The standard InChI is InChI=1S/C24H25N7O2S/c1-13-14(9-22(32)27-13)8-15-11-26-31-21(28-17-2-3-17)10-18(29-23(15)31)19-4-5-20(34-19)24(33)30-7-6-16(25)12-30/h4-5,8,10-11,16-17,28H,1-3,6-7,9,12,25H2,(H,27,32)/b14-8+/t16-/m0/s1. The highest BCUT2D eigenvalue weighted by molar-refractivity contribution is 7.17. The van der Waals surface area contributed by atoms with Gasteiger partial charge in [0, 0.05) is 42.5 Å². The molecule has 4 N–H and O–H groups in total. The minimum atomic E-state index is -0.0628. The summed E-state index contributed by atoms with van der Waals surface area (Å²) >= 11 is 1.44. The number of aromatic nitrogens is 3. The molecule has 2 saturated heterocycles. The van der Waals surface area contributed by atoms with Crippen molar-refractivity contribution in [3.05, 3.63) is 52.7 Å². The van der Waals surface area contributed by atoms with Crippen molar-refractivity contribution in [3.8, 4) is 10.6 Å². The summed E-state index contributed by atoms with van der Waals surface area (Å²) in [5.41, 5.74) is 9.70. The van der Waals surface area contributed by atoms with E-state index in [1.807, 2.05) is 29.2 Å². The van der Waals surface area contributed by atoms with Gasteiger partial charge in [0.2, 0.25) is 5.91 Å². The van der Waals surface area contributed by atoms with Crippen LogP contribution in [0, 0.1) is 0 Å². The zero-order valence-electron chi connectivity index (χ0n) is 18.6. The van der Waals surface area contributed by atoms with Crippen molar-refractivity contribution in [1.29, 1.82) is 0 Å². The number of thiophene rings is 1. The van der Waals surface area contributed by atoms with Gasteiger partial charge in [-0.25, -0.2) is 4.98 Å². The van der Waals surface area contributed by atoms with Crippen LogP contribution in [0.3, 0.4) is 0 Å². The van der Waals surface area contributed by atoms with Crippen molar-refractivity contribution in [3.63, 3.8) is 0 Å². The fraction of sp³-hybridized carbons (Fsp3) is 0.333. The lowest BCUT2D eigenvalue weighted by Crippen LogP contribution is -2.31. The molecular formula is C24H25N7O2S. The molecule has 34 heavy (non-hydrogen) atoms. The monoisotopic (exact) mass is 475 g/mol. The van der Waals surface area contributed by atoms with Crippen molar-refractivity contribution in [2.24, 2.45) is 5.73 Å². The minimum absolute atomic E-state index is 0.0216. The number of amides is 2. The third-order valence-electron chi connectivity index (χ3n) is 6.37. The molecule has 1 atom stereocenters. The van der Waals surface area contributed by atoms with E-state index in [2.05, 4.69) is 22.3 Å². The second kappa shape index (κ2) is 8.07. The molecule has 3 aromatic rings. The number of fused-ring (bicyclic) bond motifs is 1. The summed E-state index contributed by atoms with van der Waals surface area (Å²) in [7, 11) is 0. The SMILES string of the molecule is C=C1NC(=O)C/C1=C\c1cnn2c(NC3CC3)cc(-c3ccc(C(=O)N4CC[C@H](N)C4)s3)nc12. The van der Waals surface area contributed by atoms with Crippen LogP contribution in [0.4, 0.5) is 5.82 Å². The highest BCUT2D eigenvalue weighted by Crippen LogP contribution is 2.33. The van der Waals surface area contributed by atoms with E-state index in [0.717, 1.165) is 46.8 Å². The Morgan fingerprint density at radius 2 is 2.18 bits per heavy atom. The fourth-order valence-electron chi connectivity index (χ4n) is 4.36. The van der Waals surface area contributed by atoms with Gasteiger partial charge in [-0.1, -0.05) is 6.58 Å². The third kappa shape index (κ3) is 3.88. The number of hydrogen-bond acceptors (Lipinski definition) is 7. The van der Waals surface area contributed by atoms with Crippen LogP contribution in [-0.4, -0.2) is 56.5 Å². The highest BCUT2D eigenvalue weighted by atomic mass is 32.1. The lowest BCUT2D eigenvalue weighted by molar-refractivity contribution is -0.118. The topological polar surface area (TPSA) is 118 Å². The number of rotatable bonds is 5. The van der Waals surface area contributed by atoms with Gasteiger partial charge >= 0.3 is 0 Å². The van der Waals surface area contributed by atoms with Gasteiger partial charge in [0.1, 0.15) is 5.82 Å². The number of nitrogens with zero attached hydrogens (tertiary/aromatic N) is 4. The van der Waals surface area contributed by atoms with E-state index in [9.17, 15) is 9.59 Å². The van der Waals surface area contributed by atoms with Crippen LogP contribution < -0.4 is 16.4 Å². The maximum atomic E-state index is 12.9. The van der Waals surface area contributed by atoms with Crippen LogP contribution in [0.2, 0.25) is 0 Å². The second-order valence-corrected chi connectivity index (χ2v) is 10.2. The van der Waals surface area contributed by atoms with Crippen LogP contribution in [0.25, 0.3) is 22.3 Å². The summed E-state index contributed by atoms with van der Waals surface area (Å²) in [5, 5.41) is 10.8. The molecule has 174 valence electrons. The number of anilines is 1. The number of carbonyl (C=O) groups is 2. The molecule has 3 aromatic heterocycles. The smallest absolute Gasteiger partial charge is 0.263 e. The first kappa shape index (κ1) is 21.1. The normalized spacial score (nSPS) is 21.6. The van der Waals surface area contributed by atoms with Gasteiger partial charge in [0.15, 0.2) is 5.65 Å². The molecule has 1 aliphatic carbocycles. The van der Waals surface area contributed by atoms with Gasteiger partial charge in [-0.3, -0.25) is 9.59 Å². The van der Waals surface area contributed by atoms with E-state index >= 15 is 0 Å². The number of allylic oxidation sites excluding steroid dienone is 1. The Morgan fingerprint density at radius 3 is 2.88 bits per heavy atom. The first-order valence-corrected chi connectivity index (χ1v) is 12.3. The van der Waals surface area contributed by atoms with Gasteiger partial charge in [0.25, 0.3) is 5.91 Å². The molecule has 0 radical (unpaired) electrons. The molecule has 1 saturated carbocycles. The van der Waals surface area contributed by atoms with E-state index in [1.165, 1.54) is 11.3 Å². The number of carbonyl (C=O) groups excluding carboxylic acids is 2. The Bertz CT molecular complexity index is 1370. The predicted octanol–water partition coefficient (Wildman–Crippen LogP) is 2.62. The van der Waals surface area contributed by atoms with Crippen LogP contribution >= 0.6 is 11.3 Å². The molecule has 9 nitrogen and oxygen atoms in total. The molecule has 2 aliphatic heterocycles. The molecule has 6 rings (SSSR count). The van der Waals surface area contributed by atoms with Crippen molar-refractivity contribution in [2.75, 3.05) is 18.4 Å². The zero-order valence-corrected chi connectivity index (χ0v) is 19.4. The average molecular weight is 476 g/mol. The number of nitrogens with two attached hydrogens (primary N) is 1. The Labute approximate surface area is 200 Å². The van der Waals surface area contributed by atoms with Crippen molar-refractivity contribution in [1.82, 2.24) is 24.8 Å². The van der Waals surface area contributed by atoms with Crippen molar-refractivity contribution >= 4 is 40.7 Å². The van der Waals surface area contributed by atoms with E-state index in [4.69, 9.17) is 10.7 Å². The van der Waals surface area contributed by atoms with Crippen LogP contribution in [0.5, 0.6) is 0 Å². The summed E-state index contributed by atoms with van der Waals surface area (Å²) in [6.07, 6.45) is 7.06. The van der Waals surface area contributed by atoms with Crippen molar-refractivity contribution < 1.29 is 9.59 Å². The predicted molar refractivity (Wildman–Crippen MR) is 131 cm³/mol.